The predicted octanol–water partition coefficient (Wildman–Crippen LogP) is 4.80. The van der Waals surface area contributed by atoms with Crippen molar-refractivity contribution in [1.29, 1.82) is 0 Å². The van der Waals surface area contributed by atoms with Crippen LogP contribution in [0.3, 0.4) is 0 Å². The monoisotopic (exact) mass is 372 g/mol. The smallest absolute Gasteiger partial charge is 0.189 e. The normalized spacial score (nSPS) is 18.8. The molecule has 2 aromatic rings. The topological polar surface area (TPSA) is 25.4 Å². The molecule has 20 heavy (non-hydrogen) atoms. The van der Waals surface area contributed by atoms with Gasteiger partial charge in [0.05, 0.1) is 12.6 Å². The second-order valence-corrected chi connectivity index (χ2v) is 7.15. The van der Waals surface area contributed by atoms with E-state index in [-0.39, 0.29) is 0 Å². The van der Waals surface area contributed by atoms with Gasteiger partial charge in [-0.1, -0.05) is 57.9 Å². The SMILES string of the molecule is CC[C@H]1COCN1c1nc(-c2ccc(Br)cc2)c(Cl)s1. The van der Waals surface area contributed by atoms with E-state index in [2.05, 4.69) is 27.8 Å². The molecule has 1 aliphatic rings. The molecule has 1 saturated heterocycles. The summed E-state index contributed by atoms with van der Waals surface area (Å²) in [7, 11) is 0. The summed E-state index contributed by atoms with van der Waals surface area (Å²) < 4.78 is 7.30. The summed E-state index contributed by atoms with van der Waals surface area (Å²) in [5, 5.41) is 0.942. The summed E-state index contributed by atoms with van der Waals surface area (Å²) in [6.07, 6.45) is 1.05. The summed E-state index contributed by atoms with van der Waals surface area (Å²) >= 11 is 11.3. The quantitative estimate of drug-likeness (QED) is 0.773. The van der Waals surface area contributed by atoms with E-state index in [0.29, 0.717) is 12.8 Å². The Hall–Kier alpha value is -0.620. The number of hydrogen-bond acceptors (Lipinski definition) is 4. The zero-order valence-corrected chi connectivity index (χ0v) is 14.1. The van der Waals surface area contributed by atoms with Crippen molar-refractivity contribution in [2.45, 2.75) is 19.4 Å². The largest absolute Gasteiger partial charge is 0.359 e. The summed E-state index contributed by atoms with van der Waals surface area (Å²) in [5.41, 5.74) is 1.88. The van der Waals surface area contributed by atoms with Crippen LogP contribution >= 0.6 is 38.9 Å². The molecule has 0 unspecified atom stereocenters. The highest BCUT2D eigenvalue weighted by atomic mass is 79.9. The molecule has 6 heteroatoms. The van der Waals surface area contributed by atoms with Crippen molar-refractivity contribution in [2.24, 2.45) is 0 Å². The fourth-order valence-corrected chi connectivity index (χ4v) is 3.73. The third-order valence-corrected chi connectivity index (χ3v) is 5.21. The van der Waals surface area contributed by atoms with Crippen LogP contribution < -0.4 is 4.90 Å². The summed E-state index contributed by atoms with van der Waals surface area (Å²) in [4.78, 5) is 6.90. The minimum absolute atomic E-state index is 0.398. The molecular formula is C14H14BrClN2OS. The zero-order chi connectivity index (χ0) is 14.1. The molecule has 1 aromatic carbocycles. The molecule has 1 aromatic heterocycles. The van der Waals surface area contributed by atoms with Crippen molar-refractivity contribution < 1.29 is 4.74 Å². The van der Waals surface area contributed by atoms with Crippen molar-refractivity contribution in [2.75, 3.05) is 18.2 Å². The second kappa shape index (κ2) is 6.02. The van der Waals surface area contributed by atoms with E-state index >= 15 is 0 Å². The van der Waals surface area contributed by atoms with Crippen LogP contribution in [0, 0.1) is 0 Å². The van der Waals surface area contributed by atoms with Crippen molar-refractivity contribution in [3.63, 3.8) is 0 Å². The fraction of sp³-hybridized carbons (Fsp3) is 0.357. The lowest BCUT2D eigenvalue weighted by atomic mass is 10.2. The van der Waals surface area contributed by atoms with Gasteiger partial charge in [0.1, 0.15) is 16.8 Å². The summed E-state index contributed by atoms with van der Waals surface area (Å²) in [6, 6.07) is 8.44. The molecule has 0 radical (unpaired) electrons. The average Bonchev–Trinajstić information content (AvgIpc) is 3.05. The van der Waals surface area contributed by atoms with Gasteiger partial charge in [0.15, 0.2) is 5.13 Å². The van der Waals surface area contributed by atoms with Gasteiger partial charge >= 0.3 is 0 Å². The standard InChI is InChI=1S/C14H14BrClN2OS/c1-2-11-7-19-8-18(11)14-17-12(13(16)20-14)9-3-5-10(15)6-4-9/h3-6,11H,2,7-8H2,1H3/t11-/m0/s1. The van der Waals surface area contributed by atoms with Crippen molar-refractivity contribution in [1.82, 2.24) is 4.98 Å². The minimum Gasteiger partial charge on any atom is -0.359 e. The first-order valence-corrected chi connectivity index (χ1v) is 8.44. The van der Waals surface area contributed by atoms with Crippen LogP contribution in [-0.4, -0.2) is 24.4 Å². The lowest BCUT2D eigenvalue weighted by Crippen LogP contribution is -2.29. The molecule has 0 saturated carbocycles. The molecule has 0 spiro atoms. The number of nitrogens with zero attached hydrogens (tertiary/aromatic N) is 2. The molecule has 1 atom stereocenters. The summed E-state index contributed by atoms with van der Waals surface area (Å²) in [5.74, 6) is 0. The first kappa shape index (κ1) is 14.3. The molecule has 0 amide bonds. The van der Waals surface area contributed by atoms with Crippen molar-refractivity contribution in [3.8, 4) is 11.3 Å². The van der Waals surface area contributed by atoms with Gasteiger partial charge in [0.25, 0.3) is 0 Å². The Bertz CT molecular complexity index is 602. The van der Waals surface area contributed by atoms with Crippen molar-refractivity contribution in [3.05, 3.63) is 33.1 Å². The van der Waals surface area contributed by atoms with E-state index < -0.39 is 0 Å². The maximum absolute atomic E-state index is 6.37. The second-order valence-electron chi connectivity index (χ2n) is 4.66. The third-order valence-electron chi connectivity index (χ3n) is 3.39. The minimum atomic E-state index is 0.398. The molecule has 3 nitrogen and oxygen atoms in total. The molecule has 0 bridgehead atoms. The van der Waals surface area contributed by atoms with Crippen LogP contribution in [0.15, 0.2) is 28.7 Å². The first-order valence-electron chi connectivity index (χ1n) is 6.45. The van der Waals surface area contributed by atoms with Crippen LogP contribution in [0.2, 0.25) is 4.34 Å². The van der Waals surface area contributed by atoms with E-state index in [1.54, 1.807) is 0 Å². The lowest BCUT2D eigenvalue weighted by Gasteiger charge is -2.19. The third kappa shape index (κ3) is 2.72. The van der Waals surface area contributed by atoms with Crippen LogP contribution in [-0.2, 0) is 4.74 Å². The highest BCUT2D eigenvalue weighted by Crippen LogP contribution is 2.38. The van der Waals surface area contributed by atoms with E-state index in [4.69, 9.17) is 21.3 Å². The predicted molar refractivity (Wildman–Crippen MR) is 87.6 cm³/mol. The van der Waals surface area contributed by atoms with E-state index in [0.717, 1.165) is 38.2 Å². The van der Waals surface area contributed by atoms with Gasteiger partial charge in [-0.2, -0.15) is 0 Å². The number of thiazole rings is 1. The average molecular weight is 374 g/mol. The molecule has 3 rings (SSSR count). The molecule has 0 N–H and O–H groups in total. The molecular weight excluding hydrogens is 360 g/mol. The highest BCUT2D eigenvalue weighted by Gasteiger charge is 2.27. The lowest BCUT2D eigenvalue weighted by molar-refractivity contribution is 0.193. The van der Waals surface area contributed by atoms with E-state index in [1.165, 1.54) is 11.3 Å². The van der Waals surface area contributed by atoms with Gasteiger partial charge in [0, 0.05) is 10.0 Å². The van der Waals surface area contributed by atoms with Gasteiger partial charge in [-0.3, -0.25) is 0 Å². The maximum atomic E-state index is 6.37. The maximum Gasteiger partial charge on any atom is 0.189 e. The number of ether oxygens (including phenoxy) is 1. The Morgan fingerprint density at radius 3 is 2.90 bits per heavy atom. The number of halogens is 2. The molecule has 2 heterocycles. The number of rotatable bonds is 3. The zero-order valence-electron chi connectivity index (χ0n) is 11.0. The molecule has 106 valence electrons. The van der Waals surface area contributed by atoms with Gasteiger partial charge in [-0.05, 0) is 18.6 Å². The Kier molecular flexibility index (Phi) is 4.31. The van der Waals surface area contributed by atoms with Crippen LogP contribution in [0.1, 0.15) is 13.3 Å². The molecule has 1 aliphatic heterocycles. The number of anilines is 1. The highest BCUT2D eigenvalue weighted by molar-refractivity contribution is 9.10. The molecule has 0 aliphatic carbocycles. The van der Waals surface area contributed by atoms with Gasteiger partial charge < -0.3 is 9.64 Å². The van der Waals surface area contributed by atoms with Crippen LogP contribution in [0.25, 0.3) is 11.3 Å². The Labute approximate surface area is 135 Å². The van der Waals surface area contributed by atoms with Crippen molar-refractivity contribution >= 4 is 44.0 Å². The fourth-order valence-electron chi connectivity index (χ4n) is 2.23. The number of benzene rings is 1. The number of hydrogen-bond donors (Lipinski definition) is 0. The Morgan fingerprint density at radius 1 is 1.45 bits per heavy atom. The van der Waals surface area contributed by atoms with Gasteiger partial charge in [0.2, 0.25) is 0 Å². The van der Waals surface area contributed by atoms with E-state index in [1.807, 2.05) is 24.3 Å². The van der Waals surface area contributed by atoms with E-state index in [9.17, 15) is 0 Å². The Balaban J connectivity index is 1.93. The summed E-state index contributed by atoms with van der Waals surface area (Å²) in [6.45, 7) is 3.53. The van der Waals surface area contributed by atoms with Crippen LogP contribution in [0.5, 0.6) is 0 Å². The number of aromatic nitrogens is 1. The Morgan fingerprint density at radius 2 is 2.20 bits per heavy atom. The van der Waals surface area contributed by atoms with Crippen LogP contribution in [0.4, 0.5) is 5.13 Å². The molecule has 1 fully saturated rings. The first-order chi connectivity index (χ1) is 9.69. The van der Waals surface area contributed by atoms with Gasteiger partial charge in [-0.15, -0.1) is 0 Å². The van der Waals surface area contributed by atoms with Gasteiger partial charge in [-0.25, -0.2) is 4.98 Å².